The van der Waals surface area contributed by atoms with Gasteiger partial charge in [0.2, 0.25) is 10.0 Å². The summed E-state index contributed by atoms with van der Waals surface area (Å²) in [6, 6.07) is 5.82. The van der Waals surface area contributed by atoms with Crippen molar-refractivity contribution in [3.05, 3.63) is 46.6 Å². The van der Waals surface area contributed by atoms with Gasteiger partial charge in [0.1, 0.15) is 5.82 Å². The number of nitrogens with one attached hydrogen (secondary N) is 1. The first-order chi connectivity index (χ1) is 9.27. The molecule has 3 N–H and O–H groups in total. The zero-order valence-corrected chi connectivity index (χ0v) is 12.2. The monoisotopic (exact) mass is 362 g/mol. The van der Waals surface area contributed by atoms with E-state index >= 15 is 0 Å². The normalized spacial score (nSPS) is 11.3. The molecule has 2 aromatic rings. The molecule has 0 aliphatic rings. The molecule has 0 saturated heterocycles. The third-order valence-corrected chi connectivity index (χ3v) is 3.65. The Morgan fingerprint density at radius 2 is 2.00 bits per heavy atom. The van der Waals surface area contributed by atoms with Gasteiger partial charge in [-0.05, 0) is 46.3 Å². The zero-order valence-electron chi connectivity index (χ0n) is 9.76. The number of sulfonamides is 1. The van der Waals surface area contributed by atoms with E-state index in [2.05, 4.69) is 21.2 Å². The molecule has 20 heavy (non-hydrogen) atoms. The molecule has 1 aromatic carbocycles. The van der Waals surface area contributed by atoms with Crippen molar-refractivity contribution in [3.8, 4) is 0 Å². The highest BCUT2D eigenvalue weighted by Gasteiger charge is 2.15. The summed E-state index contributed by atoms with van der Waals surface area (Å²) < 4.78 is 41.1. The highest BCUT2D eigenvalue weighted by Crippen LogP contribution is 2.20. The van der Waals surface area contributed by atoms with E-state index in [-0.39, 0.29) is 16.3 Å². The number of nitrogens with two attached hydrogens (primary N) is 1. The number of anilines is 1. The Morgan fingerprint density at radius 3 is 2.50 bits per heavy atom. The number of benzene rings is 1. The predicted molar refractivity (Wildman–Crippen MR) is 72.1 cm³/mol. The van der Waals surface area contributed by atoms with Crippen LogP contribution in [0.15, 0.2) is 44.3 Å². The van der Waals surface area contributed by atoms with E-state index in [4.69, 9.17) is 9.56 Å². The van der Waals surface area contributed by atoms with Gasteiger partial charge in [-0.1, -0.05) is 0 Å². The summed E-state index contributed by atoms with van der Waals surface area (Å²) in [6.07, 6.45) is 0. The third kappa shape index (κ3) is 3.24. The number of primary sulfonamides is 1. The lowest BCUT2D eigenvalue weighted by atomic mass is 10.3. The molecular weight excluding hydrogens is 355 g/mol. The van der Waals surface area contributed by atoms with Gasteiger partial charge in [-0.3, -0.25) is 4.79 Å². The maximum atomic E-state index is 13.7. The predicted octanol–water partition coefficient (Wildman–Crippen LogP) is 2.08. The first-order valence-electron chi connectivity index (χ1n) is 5.16. The molecular formula is C11H8BrFN2O4S. The molecule has 1 aromatic heterocycles. The molecule has 1 amide bonds. The number of rotatable bonds is 3. The van der Waals surface area contributed by atoms with E-state index in [9.17, 15) is 17.6 Å². The molecule has 0 spiro atoms. The number of carbonyl (C=O) groups is 1. The van der Waals surface area contributed by atoms with Crippen LogP contribution in [0.4, 0.5) is 10.1 Å². The second-order valence-corrected chi connectivity index (χ2v) is 6.09. The fourth-order valence-electron chi connectivity index (χ4n) is 1.39. The van der Waals surface area contributed by atoms with Crippen LogP contribution in [0.1, 0.15) is 10.6 Å². The molecule has 1 heterocycles. The van der Waals surface area contributed by atoms with Gasteiger partial charge in [0.15, 0.2) is 10.4 Å². The summed E-state index contributed by atoms with van der Waals surface area (Å²) in [7, 11) is -4.00. The van der Waals surface area contributed by atoms with Gasteiger partial charge in [0.05, 0.1) is 10.6 Å². The topological polar surface area (TPSA) is 102 Å². The van der Waals surface area contributed by atoms with Crippen molar-refractivity contribution in [1.82, 2.24) is 0 Å². The Labute approximate surface area is 121 Å². The molecule has 0 aliphatic carbocycles. The van der Waals surface area contributed by atoms with Crippen molar-refractivity contribution >= 4 is 37.5 Å². The third-order valence-electron chi connectivity index (χ3n) is 2.31. The van der Waals surface area contributed by atoms with Gasteiger partial charge in [-0.25, -0.2) is 17.9 Å². The van der Waals surface area contributed by atoms with Gasteiger partial charge in [0.25, 0.3) is 5.91 Å². The number of hydrogen-bond acceptors (Lipinski definition) is 4. The minimum atomic E-state index is -4.00. The Kier molecular flexibility index (Phi) is 3.93. The van der Waals surface area contributed by atoms with Crippen molar-refractivity contribution in [1.29, 1.82) is 0 Å². The summed E-state index contributed by atoms with van der Waals surface area (Å²) in [5, 5.41) is 7.12. The summed E-state index contributed by atoms with van der Waals surface area (Å²) in [4.78, 5) is 11.3. The van der Waals surface area contributed by atoms with Crippen LogP contribution in [-0.4, -0.2) is 14.3 Å². The Hall–Kier alpha value is -1.71. The highest BCUT2D eigenvalue weighted by molar-refractivity contribution is 9.10. The second kappa shape index (κ2) is 5.35. The van der Waals surface area contributed by atoms with Crippen molar-refractivity contribution in [2.75, 3.05) is 5.32 Å². The second-order valence-electron chi connectivity index (χ2n) is 3.74. The quantitative estimate of drug-likeness (QED) is 0.872. The SMILES string of the molecule is NS(=O)(=O)c1ccc(NC(=O)c2ccc(Br)o2)c(F)c1. The first-order valence-corrected chi connectivity index (χ1v) is 7.50. The van der Waals surface area contributed by atoms with E-state index in [1.165, 1.54) is 12.1 Å². The number of amides is 1. The summed E-state index contributed by atoms with van der Waals surface area (Å²) >= 11 is 3.03. The van der Waals surface area contributed by atoms with Crippen LogP contribution < -0.4 is 10.5 Å². The lowest BCUT2D eigenvalue weighted by molar-refractivity contribution is 0.0995. The van der Waals surface area contributed by atoms with E-state index in [0.29, 0.717) is 4.67 Å². The highest BCUT2D eigenvalue weighted by atomic mass is 79.9. The molecule has 2 rings (SSSR count). The number of carbonyl (C=O) groups excluding carboxylic acids is 1. The van der Waals surface area contributed by atoms with Crippen molar-refractivity contribution in [2.24, 2.45) is 5.14 Å². The van der Waals surface area contributed by atoms with Crippen molar-refractivity contribution in [2.45, 2.75) is 4.90 Å². The van der Waals surface area contributed by atoms with Gasteiger partial charge in [0, 0.05) is 0 Å². The first kappa shape index (κ1) is 14.7. The molecule has 0 radical (unpaired) electrons. The van der Waals surface area contributed by atoms with E-state index < -0.39 is 21.7 Å². The van der Waals surface area contributed by atoms with Crippen LogP contribution in [0.2, 0.25) is 0 Å². The summed E-state index contributed by atoms with van der Waals surface area (Å²) in [6.45, 7) is 0. The average Bonchev–Trinajstić information content (AvgIpc) is 2.77. The molecule has 0 atom stereocenters. The van der Waals surface area contributed by atoms with E-state index in [1.54, 1.807) is 0 Å². The van der Waals surface area contributed by atoms with Crippen LogP contribution >= 0.6 is 15.9 Å². The molecule has 106 valence electrons. The molecule has 9 heteroatoms. The Bertz CT molecular complexity index is 772. The largest absolute Gasteiger partial charge is 0.444 e. The van der Waals surface area contributed by atoms with Crippen LogP contribution in [0.5, 0.6) is 0 Å². The molecule has 0 aliphatic heterocycles. The fourth-order valence-corrected chi connectivity index (χ4v) is 2.23. The van der Waals surface area contributed by atoms with Gasteiger partial charge >= 0.3 is 0 Å². The van der Waals surface area contributed by atoms with Crippen LogP contribution in [0, 0.1) is 5.82 Å². The Balaban J connectivity index is 2.25. The average molecular weight is 363 g/mol. The van der Waals surface area contributed by atoms with E-state index in [1.807, 2.05) is 0 Å². The summed E-state index contributed by atoms with van der Waals surface area (Å²) in [5.41, 5.74) is -0.185. The molecule has 0 unspecified atom stereocenters. The molecule has 0 fully saturated rings. The lowest BCUT2D eigenvalue weighted by Crippen LogP contribution is -2.15. The standard InChI is InChI=1S/C11H8BrFN2O4S/c12-10-4-3-9(19-10)11(16)15-8-2-1-6(5-7(8)13)20(14,17)18/h1-5H,(H,15,16)(H2,14,17,18). The van der Waals surface area contributed by atoms with Crippen molar-refractivity contribution in [3.63, 3.8) is 0 Å². The van der Waals surface area contributed by atoms with Gasteiger partial charge in [-0.2, -0.15) is 0 Å². The smallest absolute Gasteiger partial charge is 0.291 e. The number of hydrogen-bond donors (Lipinski definition) is 2. The number of halogens is 2. The Morgan fingerprint density at radius 1 is 1.30 bits per heavy atom. The zero-order chi connectivity index (χ0) is 14.9. The van der Waals surface area contributed by atoms with Crippen LogP contribution in [0.3, 0.4) is 0 Å². The van der Waals surface area contributed by atoms with E-state index in [0.717, 1.165) is 18.2 Å². The molecule has 6 nitrogen and oxygen atoms in total. The number of furan rings is 1. The van der Waals surface area contributed by atoms with Crippen molar-refractivity contribution < 1.29 is 22.0 Å². The maximum Gasteiger partial charge on any atom is 0.291 e. The van der Waals surface area contributed by atoms with Crippen LogP contribution in [0.25, 0.3) is 0 Å². The van der Waals surface area contributed by atoms with Crippen LogP contribution in [-0.2, 0) is 10.0 Å². The fraction of sp³-hybridized carbons (Fsp3) is 0. The minimum absolute atomic E-state index is 0.0215. The lowest BCUT2D eigenvalue weighted by Gasteiger charge is -2.06. The summed E-state index contributed by atoms with van der Waals surface area (Å²) in [5.74, 6) is -1.61. The van der Waals surface area contributed by atoms with Gasteiger partial charge in [-0.15, -0.1) is 0 Å². The molecule has 0 bridgehead atoms. The molecule has 0 saturated carbocycles. The minimum Gasteiger partial charge on any atom is -0.444 e. The van der Waals surface area contributed by atoms with Gasteiger partial charge < -0.3 is 9.73 Å². The maximum absolute atomic E-state index is 13.7.